The SMILES string of the molecule is Cc1nc(C(C)(C)NC(=O)C(C)O)sc1C. The van der Waals surface area contributed by atoms with Gasteiger partial charge in [0.15, 0.2) is 0 Å². The Hall–Kier alpha value is -0.940. The van der Waals surface area contributed by atoms with E-state index in [1.165, 1.54) is 6.92 Å². The Balaban J connectivity index is 2.89. The van der Waals surface area contributed by atoms with Crippen LogP contribution in [0.5, 0.6) is 0 Å². The number of aryl methyl sites for hydroxylation is 2. The normalized spacial score (nSPS) is 13.6. The molecule has 1 atom stereocenters. The van der Waals surface area contributed by atoms with Crippen molar-refractivity contribution in [2.24, 2.45) is 0 Å². The van der Waals surface area contributed by atoms with E-state index in [2.05, 4.69) is 10.3 Å². The lowest BCUT2D eigenvalue weighted by molar-refractivity contribution is -0.130. The highest BCUT2D eigenvalue weighted by Gasteiger charge is 2.28. The first-order chi connectivity index (χ1) is 7.24. The standard InChI is InChI=1S/C11H18N2O2S/c1-6-8(3)16-10(12-6)11(4,5)13-9(15)7(2)14/h7,14H,1-5H3,(H,13,15). The van der Waals surface area contributed by atoms with Crippen LogP contribution < -0.4 is 5.32 Å². The summed E-state index contributed by atoms with van der Waals surface area (Å²) in [6.45, 7) is 9.16. The Labute approximate surface area is 99.7 Å². The van der Waals surface area contributed by atoms with Gasteiger partial charge in [0.1, 0.15) is 11.1 Å². The van der Waals surface area contributed by atoms with Gasteiger partial charge in [0.25, 0.3) is 0 Å². The molecule has 0 fully saturated rings. The molecule has 1 aromatic rings. The first-order valence-electron chi connectivity index (χ1n) is 5.18. The Kier molecular flexibility index (Phi) is 3.70. The van der Waals surface area contributed by atoms with Crippen molar-refractivity contribution in [3.8, 4) is 0 Å². The molecule has 0 radical (unpaired) electrons. The maximum absolute atomic E-state index is 11.4. The summed E-state index contributed by atoms with van der Waals surface area (Å²) in [5.41, 5.74) is 0.442. The third kappa shape index (κ3) is 2.80. The highest BCUT2D eigenvalue weighted by atomic mass is 32.1. The summed E-state index contributed by atoms with van der Waals surface area (Å²) < 4.78 is 0. The van der Waals surface area contributed by atoms with Gasteiger partial charge in [-0.2, -0.15) is 0 Å². The Morgan fingerprint density at radius 1 is 1.50 bits per heavy atom. The number of hydrogen-bond donors (Lipinski definition) is 2. The van der Waals surface area contributed by atoms with Gasteiger partial charge in [-0.1, -0.05) is 0 Å². The lowest BCUT2D eigenvalue weighted by atomic mass is 10.1. The molecular formula is C11H18N2O2S. The van der Waals surface area contributed by atoms with Gasteiger partial charge in [-0.05, 0) is 34.6 Å². The minimum atomic E-state index is -0.999. The molecule has 16 heavy (non-hydrogen) atoms. The molecule has 0 aliphatic rings. The van der Waals surface area contributed by atoms with Crippen molar-refractivity contribution in [3.63, 3.8) is 0 Å². The Morgan fingerprint density at radius 3 is 2.44 bits per heavy atom. The number of aromatic nitrogens is 1. The molecule has 0 bridgehead atoms. The van der Waals surface area contributed by atoms with Crippen LogP contribution in [0.15, 0.2) is 0 Å². The summed E-state index contributed by atoms with van der Waals surface area (Å²) >= 11 is 1.57. The largest absolute Gasteiger partial charge is 0.384 e. The topological polar surface area (TPSA) is 62.2 Å². The van der Waals surface area contributed by atoms with Crippen LogP contribution in [0.2, 0.25) is 0 Å². The van der Waals surface area contributed by atoms with Crippen molar-refractivity contribution in [2.45, 2.75) is 46.3 Å². The number of rotatable bonds is 3. The van der Waals surface area contributed by atoms with E-state index in [4.69, 9.17) is 5.11 Å². The van der Waals surface area contributed by atoms with E-state index in [0.29, 0.717) is 0 Å². The predicted molar refractivity (Wildman–Crippen MR) is 64.4 cm³/mol. The van der Waals surface area contributed by atoms with Crippen LogP contribution >= 0.6 is 11.3 Å². The maximum atomic E-state index is 11.4. The summed E-state index contributed by atoms with van der Waals surface area (Å²) in [6.07, 6.45) is -0.999. The molecule has 0 spiro atoms. The monoisotopic (exact) mass is 242 g/mol. The highest BCUT2D eigenvalue weighted by molar-refractivity contribution is 7.11. The summed E-state index contributed by atoms with van der Waals surface area (Å²) in [6, 6.07) is 0. The van der Waals surface area contributed by atoms with Gasteiger partial charge < -0.3 is 10.4 Å². The number of nitrogens with zero attached hydrogens (tertiary/aromatic N) is 1. The molecule has 1 aromatic heterocycles. The van der Waals surface area contributed by atoms with Crippen molar-refractivity contribution in [1.29, 1.82) is 0 Å². The second-order valence-corrected chi connectivity index (χ2v) is 5.65. The predicted octanol–water partition coefficient (Wildman–Crippen LogP) is 1.49. The van der Waals surface area contributed by atoms with E-state index >= 15 is 0 Å². The van der Waals surface area contributed by atoms with Crippen molar-refractivity contribution >= 4 is 17.2 Å². The molecule has 1 unspecified atom stereocenters. The second kappa shape index (κ2) is 4.51. The number of aliphatic hydroxyl groups is 1. The zero-order valence-electron chi connectivity index (χ0n) is 10.3. The van der Waals surface area contributed by atoms with E-state index in [1.807, 2.05) is 27.7 Å². The van der Waals surface area contributed by atoms with E-state index < -0.39 is 11.6 Å². The van der Waals surface area contributed by atoms with Crippen molar-refractivity contribution in [2.75, 3.05) is 0 Å². The first kappa shape index (κ1) is 13.1. The van der Waals surface area contributed by atoms with Gasteiger partial charge >= 0.3 is 0 Å². The minimum absolute atomic E-state index is 0.379. The maximum Gasteiger partial charge on any atom is 0.249 e. The van der Waals surface area contributed by atoms with E-state index in [0.717, 1.165) is 15.6 Å². The number of nitrogens with one attached hydrogen (secondary N) is 1. The molecule has 0 aromatic carbocycles. The molecule has 4 nitrogen and oxygen atoms in total. The smallest absolute Gasteiger partial charge is 0.249 e. The molecule has 0 saturated carbocycles. The van der Waals surface area contributed by atoms with Crippen LogP contribution in [0.25, 0.3) is 0 Å². The number of amides is 1. The fourth-order valence-electron chi connectivity index (χ4n) is 1.21. The highest BCUT2D eigenvalue weighted by Crippen LogP contribution is 2.27. The third-order valence-electron chi connectivity index (χ3n) is 2.38. The number of thiazole rings is 1. The molecule has 1 rings (SSSR count). The summed E-state index contributed by atoms with van der Waals surface area (Å²) in [7, 11) is 0. The molecule has 0 aliphatic heterocycles. The van der Waals surface area contributed by atoms with Crippen LogP contribution in [0.3, 0.4) is 0 Å². The lowest BCUT2D eigenvalue weighted by Gasteiger charge is -2.24. The zero-order valence-corrected chi connectivity index (χ0v) is 11.1. The molecule has 90 valence electrons. The molecule has 0 aliphatic carbocycles. The third-order valence-corrected chi connectivity index (χ3v) is 3.77. The van der Waals surface area contributed by atoms with Crippen molar-refractivity contribution in [1.82, 2.24) is 10.3 Å². The minimum Gasteiger partial charge on any atom is -0.384 e. The fourth-order valence-corrected chi connectivity index (χ4v) is 2.18. The van der Waals surface area contributed by atoms with Crippen LogP contribution in [0.1, 0.15) is 36.3 Å². The van der Waals surface area contributed by atoms with Gasteiger partial charge in [-0.3, -0.25) is 4.79 Å². The van der Waals surface area contributed by atoms with Gasteiger partial charge in [0.05, 0.1) is 11.2 Å². The van der Waals surface area contributed by atoms with Crippen molar-refractivity contribution < 1.29 is 9.90 Å². The van der Waals surface area contributed by atoms with Crippen LogP contribution in [-0.4, -0.2) is 22.1 Å². The molecular weight excluding hydrogens is 224 g/mol. The molecule has 5 heteroatoms. The van der Waals surface area contributed by atoms with Crippen LogP contribution in [0.4, 0.5) is 0 Å². The fraction of sp³-hybridized carbons (Fsp3) is 0.636. The lowest BCUT2D eigenvalue weighted by Crippen LogP contribution is -2.45. The van der Waals surface area contributed by atoms with E-state index in [9.17, 15) is 4.79 Å². The zero-order chi connectivity index (χ0) is 12.5. The molecule has 1 heterocycles. The Bertz CT molecular complexity index is 377. The number of carbonyl (C=O) groups excluding carboxylic acids is 1. The second-order valence-electron chi connectivity index (χ2n) is 4.45. The van der Waals surface area contributed by atoms with Gasteiger partial charge in [0.2, 0.25) is 5.91 Å². The number of aliphatic hydroxyl groups excluding tert-OH is 1. The summed E-state index contributed by atoms with van der Waals surface area (Å²) in [5.74, 6) is -0.379. The Morgan fingerprint density at radius 2 is 2.06 bits per heavy atom. The number of carbonyl (C=O) groups is 1. The average molecular weight is 242 g/mol. The van der Waals surface area contributed by atoms with Crippen molar-refractivity contribution in [3.05, 3.63) is 15.6 Å². The molecule has 0 saturated heterocycles. The van der Waals surface area contributed by atoms with Gasteiger partial charge in [-0.25, -0.2) is 4.98 Å². The number of hydrogen-bond acceptors (Lipinski definition) is 4. The summed E-state index contributed by atoms with van der Waals surface area (Å²) in [5, 5.41) is 12.8. The van der Waals surface area contributed by atoms with Gasteiger partial charge in [-0.15, -0.1) is 11.3 Å². The van der Waals surface area contributed by atoms with E-state index in [-0.39, 0.29) is 5.91 Å². The average Bonchev–Trinajstić information content (AvgIpc) is 2.47. The summed E-state index contributed by atoms with van der Waals surface area (Å²) in [4.78, 5) is 17.0. The quantitative estimate of drug-likeness (QED) is 0.844. The molecule has 2 N–H and O–H groups in total. The first-order valence-corrected chi connectivity index (χ1v) is 6.00. The van der Waals surface area contributed by atoms with E-state index in [1.54, 1.807) is 11.3 Å². The van der Waals surface area contributed by atoms with Crippen LogP contribution in [-0.2, 0) is 10.3 Å². The molecule has 1 amide bonds. The van der Waals surface area contributed by atoms with Gasteiger partial charge in [0, 0.05) is 4.88 Å². The van der Waals surface area contributed by atoms with Crippen LogP contribution in [0, 0.1) is 13.8 Å².